The average molecular weight is 373 g/mol. The van der Waals surface area contributed by atoms with E-state index in [0.29, 0.717) is 13.1 Å². The largest absolute Gasteiger partial charge is 0.297 e. The number of pyridine rings is 1. The highest BCUT2D eigenvalue weighted by atomic mass is 32.2. The normalized spacial score (nSPS) is 17.8. The number of benzene rings is 1. The van der Waals surface area contributed by atoms with Crippen LogP contribution in [0.3, 0.4) is 0 Å². The number of rotatable bonds is 3. The van der Waals surface area contributed by atoms with Gasteiger partial charge in [-0.05, 0) is 41.6 Å². The fourth-order valence-corrected chi connectivity index (χ4v) is 5.24. The van der Waals surface area contributed by atoms with E-state index in [1.807, 2.05) is 6.07 Å². The van der Waals surface area contributed by atoms with Crippen LogP contribution in [0, 0.1) is 6.92 Å². The summed E-state index contributed by atoms with van der Waals surface area (Å²) in [6, 6.07) is 12.7. The molecule has 1 aromatic carbocycles. The van der Waals surface area contributed by atoms with Crippen LogP contribution in [0.5, 0.6) is 0 Å². The molecule has 3 heterocycles. The minimum absolute atomic E-state index is 0.252. The lowest BCUT2D eigenvalue weighted by Gasteiger charge is -2.27. The Morgan fingerprint density at radius 1 is 1.16 bits per heavy atom. The lowest BCUT2D eigenvalue weighted by molar-refractivity contribution is 0.288. The molecule has 0 N–H and O–H groups in total. The van der Waals surface area contributed by atoms with E-state index in [1.54, 1.807) is 11.3 Å². The lowest BCUT2D eigenvalue weighted by Crippen LogP contribution is -2.39. The zero-order valence-corrected chi connectivity index (χ0v) is 15.7. The van der Waals surface area contributed by atoms with Crippen molar-refractivity contribution in [3.63, 3.8) is 0 Å². The van der Waals surface area contributed by atoms with E-state index in [-0.39, 0.29) is 11.5 Å². The van der Waals surface area contributed by atoms with Gasteiger partial charge in [-0.2, -0.15) is 0 Å². The molecule has 0 bridgehead atoms. The summed E-state index contributed by atoms with van der Waals surface area (Å²) in [6.45, 7) is 4.00. The van der Waals surface area contributed by atoms with E-state index < -0.39 is 9.84 Å². The monoisotopic (exact) mass is 372 g/mol. The average Bonchev–Trinajstić information content (AvgIpc) is 3.11. The number of fused-ring (bicyclic) bond motifs is 1. The third-order valence-corrected chi connectivity index (χ3v) is 7.12. The number of sulfone groups is 1. The molecule has 25 heavy (non-hydrogen) atoms. The highest BCUT2D eigenvalue weighted by Gasteiger charge is 2.23. The fraction of sp³-hybridized carbons (Fsp3) is 0.316. The van der Waals surface area contributed by atoms with Crippen molar-refractivity contribution in [1.82, 2.24) is 9.88 Å². The van der Waals surface area contributed by atoms with Crippen LogP contribution in [0.2, 0.25) is 0 Å². The number of aromatic nitrogens is 1. The standard InChI is InChI=1S/C19H20N2O2S2/c1-14-4-5-15-12-16(13-21-6-9-25(22,23)10-7-21)19(20-17(15)11-14)18-3-2-8-24-18/h2-5,8,11-12H,6-7,9-10,13H2,1H3. The molecule has 1 aliphatic heterocycles. The van der Waals surface area contributed by atoms with Crippen LogP contribution in [-0.4, -0.2) is 42.9 Å². The smallest absolute Gasteiger partial charge is 0.152 e. The summed E-state index contributed by atoms with van der Waals surface area (Å²) in [5.41, 5.74) is 4.39. The van der Waals surface area contributed by atoms with E-state index in [1.165, 1.54) is 5.56 Å². The van der Waals surface area contributed by atoms with E-state index in [0.717, 1.165) is 33.6 Å². The van der Waals surface area contributed by atoms with Crippen LogP contribution >= 0.6 is 11.3 Å². The summed E-state index contributed by atoms with van der Waals surface area (Å²) >= 11 is 1.69. The van der Waals surface area contributed by atoms with Gasteiger partial charge in [0.05, 0.1) is 27.6 Å². The second-order valence-electron chi connectivity index (χ2n) is 6.60. The Labute approximate surface area is 152 Å². The Balaban J connectivity index is 1.73. The van der Waals surface area contributed by atoms with Crippen molar-refractivity contribution in [3.8, 4) is 10.6 Å². The summed E-state index contributed by atoms with van der Waals surface area (Å²) < 4.78 is 23.3. The molecule has 1 saturated heterocycles. The van der Waals surface area contributed by atoms with Gasteiger partial charge >= 0.3 is 0 Å². The van der Waals surface area contributed by atoms with E-state index in [9.17, 15) is 8.42 Å². The molecule has 0 atom stereocenters. The Morgan fingerprint density at radius 3 is 2.68 bits per heavy atom. The number of hydrogen-bond donors (Lipinski definition) is 0. The third kappa shape index (κ3) is 3.61. The Bertz CT molecular complexity index is 997. The predicted molar refractivity (Wildman–Crippen MR) is 104 cm³/mol. The summed E-state index contributed by atoms with van der Waals surface area (Å²) in [5, 5.41) is 3.19. The van der Waals surface area contributed by atoms with Gasteiger partial charge in [-0.1, -0.05) is 18.2 Å². The van der Waals surface area contributed by atoms with Gasteiger partial charge in [0.25, 0.3) is 0 Å². The molecule has 0 spiro atoms. The van der Waals surface area contributed by atoms with Crippen LogP contribution in [0.25, 0.3) is 21.5 Å². The topological polar surface area (TPSA) is 50.3 Å². The van der Waals surface area contributed by atoms with Crippen LogP contribution in [0.1, 0.15) is 11.1 Å². The van der Waals surface area contributed by atoms with Crippen molar-refractivity contribution in [1.29, 1.82) is 0 Å². The fourth-order valence-electron chi connectivity index (χ4n) is 3.22. The molecule has 130 valence electrons. The molecule has 0 saturated carbocycles. The van der Waals surface area contributed by atoms with Crippen molar-refractivity contribution < 1.29 is 8.42 Å². The number of thiophene rings is 1. The molecule has 0 amide bonds. The van der Waals surface area contributed by atoms with Gasteiger partial charge < -0.3 is 0 Å². The van der Waals surface area contributed by atoms with Crippen LogP contribution < -0.4 is 0 Å². The minimum Gasteiger partial charge on any atom is -0.297 e. The highest BCUT2D eigenvalue weighted by Crippen LogP contribution is 2.30. The van der Waals surface area contributed by atoms with Gasteiger partial charge in [0.15, 0.2) is 9.84 Å². The van der Waals surface area contributed by atoms with Gasteiger partial charge in [-0.25, -0.2) is 13.4 Å². The molecule has 4 nitrogen and oxygen atoms in total. The maximum absolute atomic E-state index is 11.7. The molecule has 3 aromatic rings. The quantitative estimate of drug-likeness (QED) is 0.706. The molecular weight excluding hydrogens is 352 g/mol. The van der Waals surface area contributed by atoms with Crippen LogP contribution in [-0.2, 0) is 16.4 Å². The molecule has 0 unspecified atom stereocenters. The Morgan fingerprint density at radius 2 is 1.96 bits per heavy atom. The molecule has 4 rings (SSSR count). The minimum atomic E-state index is -2.86. The molecule has 6 heteroatoms. The molecule has 2 aromatic heterocycles. The molecule has 0 radical (unpaired) electrons. The first-order chi connectivity index (χ1) is 12.0. The van der Waals surface area contributed by atoms with Gasteiger partial charge in [0.1, 0.15) is 0 Å². The lowest BCUT2D eigenvalue weighted by atomic mass is 10.1. The number of nitrogens with zero attached hydrogens (tertiary/aromatic N) is 2. The van der Waals surface area contributed by atoms with Crippen molar-refractivity contribution in [2.45, 2.75) is 13.5 Å². The molecule has 0 aliphatic carbocycles. The zero-order valence-electron chi connectivity index (χ0n) is 14.1. The van der Waals surface area contributed by atoms with E-state index >= 15 is 0 Å². The number of hydrogen-bond acceptors (Lipinski definition) is 5. The van der Waals surface area contributed by atoms with Crippen molar-refractivity contribution in [3.05, 3.63) is 52.9 Å². The van der Waals surface area contributed by atoms with Crippen molar-refractivity contribution >= 4 is 32.1 Å². The van der Waals surface area contributed by atoms with Crippen LogP contribution in [0.15, 0.2) is 41.8 Å². The number of aryl methyl sites for hydroxylation is 1. The van der Waals surface area contributed by atoms with E-state index in [2.05, 4.69) is 47.5 Å². The van der Waals surface area contributed by atoms with Gasteiger partial charge in [0.2, 0.25) is 0 Å². The van der Waals surface area contributed by atoms with Gasteiger partial charge in [-0.3, -0.25) is 4.90 Å². The Hall–Kier alpha value is -1.76. The zero-order chi connectivity index (χ0) is 17.4. The summed E-state index contributed by atoms with van der Waals surface area (Å²) in [5.74, 6) is 0.503. The molecule has 1 fully saturated rings. The van der Waals surface area contributed by atoms with Gasteiger partial charge in [0, 0.05) is 25.0 Å². The third-order valence-electron chi connectivity index (χ3n) is 4.64. The second-order valence-corrected chi connectivity index (χ2v) is 9.85. The van der Waals surface area contributed by atoms with Gasteiger partial charge in [-0.15, -0.1) is 11.3 Å². The maximum Gasteiger partial charge on any atom is 0.152 e. The first-order valence-corrected chi connectivity index (χ1v) is 11.1. The highest BCUT2D eigenvalue weighted by molar-refractivity contribution is 7.91. The van der Waals surface area contributed by atoms with Crippen LogP contribution in [0.4, 0.5) is 0 Å². The van der Waals surface area contributed by atoms with Crippen molar-refractivity contribution in [2.75, 3.05) is 24.6 Å². The molecule has 1 aliphatic rings. The first-order valence-electron chi connectivity index (χ1n) is 8.37. The maximum atomic E-state index is 11.7. The first kappa shape index (κ1) is 16.7. The van der Waals surface area contributed by atoms with Crippen molar-refractivity contribution in [2.24, 2.45) is 0 Å². The summed E-state index contributed by atoms with van der Waals surface area (Å²) in [7, 11) is -2.86. The van der Waals surface area contributed by atoms with E-state index in [4.69, 9.17) is 4.98 Å². The summed E-state index contributed by atoms with van der Waals surface area (Å²) in [6.07, 6.45) is 0. The predicted octanol–water partition coefficient (Wildman–Crippen LogP) is 3.50. The summed E-state index contributed by atoms with van der Waals surface area (Å²) in [4.78, 5) is 8.31. The SMILES string of the molecule is Cc1ccc2cc(CN3CCS(=O)(=O)CC3)c(-c3cccs3)nc2c1. The second kappa shape index (κ2) is 6.52. The molecular formula is C19H20N2O2S2. The Kier molecular flexibility index (Phi) is 4.35.